The molecule has 0 saturated carbocycles. The number of fused-ring (bicyclic) bond motifs is 1. The van der Waals surface area contributed by atoms with Gasteiger partial charge in [-0.3, -0.25) is 4.79 Å². The van der Waals surface area contributed by atoms with Gasteiger partial charge >= 0.3 is 5.97 Å². The summed E-state index contributed by atoms with van der Waals surface area (Å²) in [6, 6.07) is 0.0677. The number of aliphatic carboxylic acids is 1. The van der Waals surface area contributed by atoms with Crippen LogP contribution in [-0.4, -0.2) is 16.1 Å². The smallest absolute Gasteiger partial charge is 0.314 e. The minimum absolute atomic E-state index is 0.0677. The van der Waals surface area contributed by atoms with E-state index in [4.69, 9.17) is 15.3 Å². The summed E-state index contributed by atoms with van der Waals surface area (Å²) in [5, 5.41) is 8.87. The molecule has 1 unspecified atom stereocenters. The zero-order chi connectivity index (χ0) is 9.42. The van der Waals surface area contributed by atoms with Gasteiger partial charge in [-0.05, 0) is 19.3 Å². The molecule has 0 fully saturated rings. The molecule has 1 aliphatic carbocycles. The molecule has 1 aliphatic rings. The Hall–Kier alpha value is -1.52. The van der Waals surface area contributed by atoms with Gasteiger partial charge < -0.3 is 15.3 Å². The van der Waals surface area contributed by atoms with Gasteiger partial charge in [0.1, 0.15) is 11.7 Å². The molecule has 13 heavy (non-hydrogen) atoms. The van der Waals surface area contributed by atoms with Gasteiger partial charge in [0, 0.05) is 0 Å². The first-order chi connectivity index (χ1) is 6.18. The summed E-state index contributed by atoms with van der Waals surface area (Å²) in [6.45, 7) is 0. The van der Waals surface area contributed by atoms with Crippen molar-refractivity contribution in [3.8, 4) is 0 Å². The monoisotopic (exact) mass is 182 g/mol. The molecule has 5 heteroatoms. The zero-order valence-electron chi connectivity index (χ0n) is 6.99. The first kappa shape index (κ1) is 8.10. The normalized spacial score (nSPS) is 21.1. The molecule has 0 spiro atoms. The van der Waals surface area contributed by atoms with Gasteiger partial charge in [-0.1, -0.05) is 0 Å². The molecule has 0 amide bonds. The second-order valence-electron chi connectivity index (χ2n) is 3.15. The number of aromatic nitrogens is 1. The van der Waals surface area contributed by atoms with E-state index in [2.05, 4.69) is 4.98 Å². The number of carboxylic acids is 1. The number of carbonyl (C=O) groups is 1. The molecule has 70 valence electrons. The highest BCUT2D eigenvalue weighted by atomic mass is 16.4. The molecule has 0 bridgehead atoms. The third-order valence-electron chi connectivity index (χ3n) is 2.27. The quantitative estimate of drug-likeness (QED) is 0.669. The van der Waals surface area contributed by atoms with Crippen molar-refractivity contribution in [1.29, 1.82) is 0 Å². The lowest BCUT2D eigenvalue weighted by Gasteiger charge is -2.14. The summed E-state index contributed by atoms with van der Waals surface area (Å²) < 4.78 is 5.07. The number of oxazole rings is 1. The SMILES string of the molecule is Nc1nc2c(o1)C(C(=O)O)CCC2. The number of aryl methyl sites for hydroxylation is 1. The lowest BCUT2D eigenvalue weighted by molar-refractivity contribution is -0.139. The largest absolute Gasteiger partial charge is 0.481 e. The lowest BCUT2D eigenvalue weighted by Crippen LogP contribution is -2.16. The fourth-order valence-corrected chi connectivity index (χ4v) is 1.67. The van der Waals surface area contributed by atoms with Crippen LogP contribution < -0.4 is 5.73 Å². The number of hydrogen-bond acceptors (Lipinski definition) is 4. The van der Waals surface area contributed by atoms with Crippen LogP contribution >= 0.6 is 0 Å². The van der Waals surface area contributed by atoms with Crippen LogP contribution in [0, 0.1) is 0 Å². The van der Waals surface area contributed by atoms with Gasteiger partial charge in [0.2, 0.25) is 0 Å². The number of rotatable bonds is 1. The lowest BCUT2D eigenvalue weighted by atomic mass is 9.91. The van der Waals surface area contributed by atoms with Crippen molar-refractivity contribution in [2.24, 2.45) is 0 Å². The molecule has 2 rings (SSSR count). The fraction of sp³-hybridized carbons (Fsp3) is 0.500. The third-order valence-corrected chi connectivity index (χ3v) is 2.27. The van der Waals surface area contributed by atoms with Crippen molar-refractivity contribution in [2.45, 2.75) is 25.2 Å². The van der Waals surface area contributed by atoms with Crippen LogP contribution in [0.3, 0.4) is 0 Å². The van der Waals surface area contributed by atoms with Crippen molar-refractivity contribution in [3.05, 3.63) is 11.5 Å². The second kappa shape index (κ2) is 2.76. The van der Waals surface area contributed by atoms with Gasteiger partial charge in [-0.15, -0.1) is 0 Å². The minimum atomic E-state index is -0.864. The van der Waals surface area contributed by atoms with Gasteiger partial charge in [0.05, 0.1) is 5.69 Å². The summed E-state index contributed by atoms with van der Waals surface area (Å²) in [4.78, 5) is 14.7. The second-order valence-corrected chi connectivity index (χ2v) is 3.15. The molecule has 0 aromatic carbocycles. The molecule has 5 nitrogen and oxygen atoms in total. The maximum atomic E-state index is 10.8. The molecular formula is C8H10N2O3. The van der Waals surface area contributed by atoms with Gasteiger partial charge in [-0.25, -0.2) is 0 Å². The Morgan fingerprint density at radius 3 is 3.15 bits per heavy atom. The van der Waals surface area contributed by atoms with E-state index in [1.807, 2.05) is 0 Å². The van der Waals surface area contributed by atoms with E-state index in [0.29, 0.717) is 17.9 Å². The van der Waals surface area contributed by atoms with Crippen LogP contribution in [0.2, 0.25) is 0 Å². The summed E-state index contributed by atoms with van der Waals surface area (Å²) in [7, 11) is 0. The van der Waals surface area contributed by atoms with E-state index in [1.165, 1.54) is 0 Å². The number of nitrogens with two attached hydrogens (primary N) is 1. The van der Waals surface area contributed by atoms with Gasteiger partial charge in [-0.2, -0.15) is 4.98 Å². The molecule has 3 N–H and O–H groups in total. The Morgan fingerprint density at radius 2 is 2.46 bits per heavy atom. The number of anilines is 1. The molecule has 0 saturated heterocycles. The Morgan fingerprint density at radius 1 is 1.69 bits per heavy atom. The highest BCUT2D eigenvalue weighted by Gasteiger charge is 2.31. The summed E-state index contributed by atoms with van der Waals surface area (Å²) in [5.74, 6) is -0.984. The molecule has 1 aromatic rings. The molecule has 1 aromatic heterocycles. The van der Waals surface area contributed by atoms with Gasteiger partial charge in [0.15, 0.2) is 0 Å². The number of nitrogens with zero attached hydrogens (tertiary/aromatic N) is 1. The predicted octanol–water partition coefficient (Wildman–Crippen LogP) is 0.761. The topological polar surface area (TPSA) is 89.4 Å². The van der Waals surface area contributed by atoms with Crippen molar-refractivity contribution in [2.75, 3.05) is 5.73 Å². The van der Waals surface area contributed by atoms with E-state index in [0.717, 1.165) is 12.8 Å². The van der Waals surface area contributed by atoms with Crippen LogP contribution in [0.15, 0.2) is 4.42 Å². The molecule has 1 atom stereocenters. The van der Waals surface area contributed by atoms with Crippen molar-refractivity contribution >= 4 is 12.0 Å². The Balaban J connectivity index is 2.41. The summed E-state index contributed by atoms with van der Waals surface area (Å²) in [5.41, 5.74) is 6.05. The molecule has 0 aliphatic heterocycles. The third kappa shape index (κ3) is 1.26. The first-order valence-electron chi connectivity index (χ1n) is 4.16. The summed E-state index contributed by atoms with van der Waals surface area (Å²) >= 11 is 0. The van der Waals surface area contributed by atoms with Crippen LogP contribution in [0.4, 0.5) is 6.01 Å². The molecular weight excluding hydrogens is 172 g/mol. The number of nitrogen functional groups attached to an aromatic ring is 1. The van der Waals surface area contributed by atoms with Crippen LogP contribution in [0.25, 0.3) is 0 Å². The van der Waals surface area contributed by atoms with Crippen molar-refractivity contribution in [3.63, 3.8) is 0 Å². The minimum Gasteiger partial charge on any atom is -0.481 e. The standard InChI is InChI=1S/C8H10N2O3/c9-8-10-5-3-1-2-4(7(11)12)6(5)13-8/h4H,1-3H2,(H2,9,10)(H,11,12). The van der Waals surface area contributed by atoms with E-state index in [9.17, 15) is 4.79 Å². The zero-order valence-corrected chi connectivity index (χ0v) is 6.99. The van der Waals surface area contributed by atoms with Crippen LogP contribution in [0.1, 0.15) is 30.2 Å². The Kier molecular flexibility index (Phi) is 1.72. The van der Waals surface area contributed by atoms with E-state index >= 15 is 0 Å². The highest BCUT2D eigenvalue weighted by Crippen LogP contribution is 2.32. The number of hydrogen-bond donors (Lipinski definition) is 2. The van der Waals surface area contributed by atoms with Crippen LogP contribution in [0.5, 0.6) is 0 Å². The Bertz CT molecular complexity index is 345. The predicted molar refractivity (Wildman–Crippen MR) is 44.2 cm³/mol. The summed E-state index contributed by atoms with van der Waals surface area (Å²) in [6.07, 6.45) is 2.20. The maximum Gasteiger partial charge on any atom is 0.314 e. The van der Waals surface area contributed by atoms with Crippen molar-refractivity contribution < 1.29 is 14.3 Å². The first-order valence-corrected chi connectivity index (χ1v) is 4.16. The average Bonchev–Trinajstić information content (AvgIpc) is 2.43. The molecule has 1 heterocycles. The maximum absolute atomic E-state index is 10.8. The average molecular weight is 182 g/mol. The highest BCUT2D eigenvalue weighted by molar-refractivity contribution is 5.75. The van der Waals surface area contributed by atoms with Crippen LogP contribution in [-0.2, 0) is 11.2 Å². The van der Waals surface area contributed by atoms with Crippen molar-refractivity contribution in [1.82, 2.24) is 4.98 Å². The molecule has 0 radical (unpaired) electrons. The number of carboxylic acid groups (broad SMARTS) is 1. The van der Waals surface area contributed by atoms with E-state index < -0.39 is 11.9 Å². The van der Waals surface area contributed by atoms with E-state index in [-0.39, 0.29) is 6.01 Å². The van der Waals surface area contributed by atoms with E-state index in [1.54, 1.807) is 0 Å². The van der Waals surface area contributed by atoms with Gasteiger partial charge in [0.25, 0.3) is 6.01 Å². The Labute approximate surface area is 74.6 Å². The fourth-order valence-electron chi connectivity index (χ4n) is 1.67.